The van der Waals surface area contributed by atoms with Gasteiger partial charge in [0.2, 0.25) is 0 Å². The highest BCUT2D eigenvalue weighted by Crippen LogP contribution is 2.02. The third-order valence-electron chi connectivity index (χ3n) is 1.53. The van der Waals surface area contributed by atoms with E-state index < -0.39 is 36.2 Å². The van der Waals surface area contributed by atoms with Gasteiger partial charge in [-0.05, 0) is 0 Å². The van der Waals surface area contributed by atoms with Crippen LogP contribution in [0.15, 0.2) is 11.6 Å². The molecule has 0 bridgehead atoms. The molecule has 0 aliphatic carbocycles. The van der Waals surface area contributed by atoms with Gasteiger partial charge in [-0.1, -0.05) is 0 Å². The first-order valence-corrected chi connectivity index (χ1v) is 4.51. The van der Waals surface area contributed by atoms with Crippen LogP contribution in [-0.4, -0.2) is 51.2 Å². The van der Waals surface area contributed by atoms with Gasteiger partial charge < -0.3 is 25.2 Å². The van der Waals surface area contributed by atoms with E-state index in [0.717, 1.165) is 0 Å². The van der Waals surface area contributed by atoms with Crippen LogP contribution in [0.4, 0.5) is 0 Å². The smallest absolute Gasteiger partial charge is 0.332 e. The Kier molecular flexibility index (Phi) is 6.53. The molecule has 0 aromatic carbocycles. The molecule has 8 nitrogen and oxygen atoms in total. The Morgan fingerprint density at radius 2 is 1.76 bits per heavy atom. The largest absolute Gasteiger partial charge is 0.481 e. The van der Waals surface area contributed by atoms with Crippen LogP contribution in [-0.2, 0) is 19.1 Å². The molecule has 0 aliphatic heterocycles. The number of aliphatic hydroxyl groups excluding tert-OH is 1. The number of aliphatic carboxylic acids is 2. The van der Waals surface area contributed by atoms with Crippen molar-refractivity contribution in [3.05, 3.63) is 11.6 Å². The Morgan fingerprint density at radius 1 is 1.18 bits per heavy atom. The molecule has 0 atom stereocenters. The number of carboxylic acid groups (broad SMARTS) is 2. The zero-order valence-electron chi connectivity index (χ0n) is 8.70. The highest BCUT2D eigenvalue weighted by atomic mass is 16.5. The summed E-state index contributed by atoms with van der Waals surface area (Å²) in [5.74, 6) is -3.98. The number of ether oxygens (including phenoxy) is 1. The Hall–Kier alpha value is -1.93. The van der Waals surface area contributed by atoms with Gasteiger partial charge in [-0.15, -0.1) is 0 Å². The first-order chi connectivity index (χ1) is 7.82. The fraction of sp³-hybridized carbons (Fsp3) is 0.444. The maximum absolute atomic E-state index is 11.0. The van der Waals surface area contributed by atoms with Gasteiger partial charge in [-0.3, -0.25) is 4.79 Å². The lowest BCUT2D eigenvalue weighted by Gasteiger charge is -2.04. The van der Waals surface area contributed by atoms with Crippen molar-refractivity contribution >= 4 is 17.9 Å². The number of hydrogen-bond donors (Lipinski definition) is 4. The van der Waals surface area contributed by atoms with Crippen molar-refractivity contribution < 1.29 is 39.5 Å². The van der Waals surface area contributed by atoms with E-state index in [1.807, 2.05) is 0 Å². The number of rotatable bonds is 7. The van der Waals surface area contributed by atoms with E-state index in [9.17, 15) is 14.4 Å². The summed E-state index contributed by atoms with van der Waals surface area (Å²) in [5, 5.41) is 33.8. The van der Waals surface area contributed by atoms with E-state index in [2.05, 4.69) is 4.74 Å². The van der Waals surface area contributed by atoms with Crippen LogP contribution in [0.5, 0.6) is 0 Å². The molecule has 0 aliphatic rings. The third-order valence-corrected chi connectivity index (χ3v) is 1.53. The van der Waals surface area contributed by atoms with Gasteiger partial charge in [0.1, 0.15) is 0 Å². The number of carbonyl (C=O) groups is 3. The SMILES string of the molecule is O=C(O)CC(=CC(=O)OCCC(O)O)C(=O)O. The minimum Gasteiger partial charge on any atom is -0.481 e. The van der Waals surface area contributed by atoms with Crippen LogP contribution >= 0.6 is 0 Å². The second-order valence-corrected chi connectivity index (χ2v) is 2.98. The first kappa shape index (κ1) is 15.1. The zero-order valence-corrected chi connectivity index (χ0v) is 8.70. The summed E-state index contributed by atoms with van der Waals surface area (Å²) in [6, 6.07) is 0. The second-order valence-electron chi connectivity index (χ2n) is 2.98. The standard InChI is InChI=1S/C9H12O8/c10-6(11)1-2-17-8(14)4-5(9(15)16)3-7(12)13/h4,6,10-11H,1-3H2,(H,12,13)(H,15,16). The van der Waals surface area contributed by atoms with Crippen LogP contribution in [0.3, 0.4) is 0 Å². The predicted octanol–water partition coefficient (Wildman–Crippen LogP) is -1.28. The fourth-order valence-corrected chi connectivity index (χ4v) is 0.800. The van der Waals surface area contributed by atoms with Gasteiger partial charge in [-0.2, -0.15) is 0 Å². The van der Waals surface area contributed by atoms with E-state index in [0.29, 0.717) is 6.08 Å². The van der Waals surface area contributed by atoms with Crippen LogP contribution in [0.2, 0.25) is 0 Å². The van der Waals surface area contributed by atoms with Gasteiger partial charge in [0.05, 0.1) is 18.6 Å². The topological polar surface area (TPSA) is 141 Å². The van der Waals surface area contributed by atoms with Crippen molar-refractivity contribution in [3.63, 3.8) is 0 Å². The fourth-order valence-electron chi connectivity index (χ4n) is 0.800. The van der Waals surface area contributed by atoms with Crippen LogP contribution in [0, 0.1) is 0 Å². The average Bonchev–Trinajstić information content (AvgIpc) is 2.15. The normalized spacial score (nSPS) is 11.4. The van der Waals surface area contributed by atoms with Crippen LogP contribution in [0.25, 0.3) is 0 Å². The van der Waals surface area contributed by atoms with Gasteiger partial charge in [0.25, 0.3) is 0 Å². The van der Waals surface area contributed by atoms with Crippen molar-refractivity contribution in [1.29, 1.82) is 0 Å². The lowest BCUT2D eigenvalue weighted by Crippen LogP contribution is -2.13. The quantitative estimate of drug-likeness (QED) is 0.248. The monoisotopic (exact) mass is 248 g/mol. The highest BCUT2D eigenvalue weighted by Gasteiger charge is 2.14. The molecule has 4 N–H and O–H groups in total. The van der Waals surface area contributed by atoms with Gasteiger partial charge in [0.15, 0.2) is 6.29 Å². The minimum absolute atomic E-state index is 0.221. The molecule has 0 saturated heterocycles. The summed E-state index contributed by atoms with van der Waals surface area (Å²) in [6.07, 6.45) is -2.13. The zero-order chi connectivity index (χ0) is 13.4. The molecule has 0 rings (SSSR count). The van der Waals surface area contributed by atoms with Crippen molar-refractivity contribution in [1.82, 2.24) is 0 Å². The molecule has 0 amide bonds. The van der Waals surface area contributed by atoms with Crippen molar-refractivity contribution in [2.75, 3.05) is 6.61 Å². The summed E-state index contributed by atoms with van der Waals surface area (Å²) < 4.78 is 4.42. The summed E-state index contributed by atoms with van der Waals surface area (Å²) in [5.41, 5.74) is -0.618. The third kappa shape index (κ3) is 7.94. The van der Waals surface area contributed by atoms with Gasteiger partial charge >= 0.3 is 17.9 Å². The lowest BCUT2D eigenvalue weighted by atomic mass is 10.2. The molecule has 0 aromatic rings. The van der Waals surface area contributed by atoms with E-state index in [-0.39, 0.29) is 13.0 Å². The Balaban J connectivity index is 4.34. The molecule has 0 unspecified atom stereocenters. The van der Waals surface area contributed by atoms with E-state index >= 15 is 0 Å². The van der Waals surface area contributed by atoms with Crippen LogP contribution in [0.1, 0.15) is 12.8 Å². The Labute approximate surface area is 95.7 Å². The molecule has 0 aromatic heterocycles. The van der Waals surface area contributed by atoms with Crippen molar-refractivity contribution in [3.8, 4) is 0 Å². The van der Waals surface area contributed by atoms with E-state index in [1.54, 1.807) is 0 Å². The predicted molar refractivity (Wildman–Crippen MR) is 51.8 cm³/mol. The maximum atomic E-state index is 11.0. The van der Waals surface area contributed by atoms with Gasteiger partial charge in [0, 0.05) is 12.5 Å². The van der Waals surface area contributed by atoms with Gasteiger partial charge in [-0.25, -0.2) is 9.59 Å². The first-order valence-electron chi connectivity index (χ1n) is 4.51. The highest BCUT2D eigenvalue weighted by molar-refractivity contribution is 5.98. The molecular weight excluding hydrogens is 236 g/mol. The number of aliphatic hydroxyl groups is 2. The summed E-state index contributed by atoms with van der Waals surface area (Å²) in [4.78, 5) is 31.8. The van der Waals surface area contributed by atoms with E-state index in [4.69, 9.17) is 20.4 Å². The maximum Gasteiger partial charge on any atom is 0.332 e. The summed E-state index contributed by atoms with van der Waals surface area (Å²) in [6.45, 7) is -0.313. The average molecular weight is 248 g/mol. The number of esters is 1. The molecule has 8 heteroatoms. The molecule has 0 fully saturated rings. The number of carbonyl (C=O) groups excluding carboxylic acids is 1. The number of hydrogen-bond acceptors (Lipinski definition) is 6. The van der Waals surface area contributed by atoms with Crippen LogP contribution < -0.4 is 0 Å². The molecule has 0 heterocycles. The minimum atomic E-state index is -1.63. The Morgan fingerprint density at radius 3 is 2.18 bits per heavy atom. The Bertz CT molecular complexity index is 330. The molecule has 96 valence electrons. The molecule has 17 heavy (non-hydrogen) atoms. The number of carboxylic acids is 2. The summed E-state index contributed by atoms with van der Waals surface area (Å²) >= 11 is 0. The molecule has 0 saturated carbocycles. The van der Waals surface area contributed by atoms with Crippen molar-refractivity contribution in [2.45, 2.75) is 19.1 Å². The van der Waals surface area contributed by atoms with Crippen molar-refractivity contribution in [2.24, 2.45) is 0 Å². The molecule has 0 radical (unpaired) electrons. The molecule has 0 spiro atoms. The summed E-state index contributed by atoms with van der Waals surface area (Å²) in [7, 11) is 0. The lowest BCUT2D eigenvalue weighted by molar-refractivity contribution is -0.142. The second kappa shape index (κ2) is 7.36. The van der Waals surface area contributed by atoms with E-state index in [1.165, 1.54) is 0 Å². The molecular formula is C9H12O8.